The lowest BCUT2D eigenvalue weighted by Crippen LogP contribution is -2.23. The van der Waals surface area contributed by atoms with Crippen LogP contribution in [0.2, 0.25) is 0 Å². The molecule has 0 unspecified atom stereocenters. The first-order valence-corrected chi connectivity index (χ1v) is 7.40. The Kier molecular flexibility index (Phi) is 2.97. The van der Waals surface area contributed by atoms with Crippen LogP contribution >= 0.6 is 0 Å². The van der Waals surface area contributed by atoms with Gasteiger partial charge in [-0.2, -0.15) is 0 Å². The fourth-order valence-corrected chi connectivity index (χ4v) is 2.83. The Morgan fingerprint density at radius 2 is 1.96 bits per heavy atom. The summed E-state index contributed by atoms with van der Waals surface area (Å²) in [5, 5.41) is 5.48. The van der Waals surface area contributed by atoms with E-state index in [0.717, 1.165) is 22.2 Å². The second-order valence-electron chi connectivity index (χ2n) is 5.59. The van der Waals surface area contributed by atoms with Crippen LogP contribution in [0.1, 0.15) is 17.1 Å². The first-order valence-electron chi connectivity index (χ1n) is 7.40. The minimum Gasteiger partial charge on any atom is -0.246 e. The molecular formula is C17H15N5O. The Labute approximate surface area is 132 Å². The van der Waals surface area contributed by atoms with E-state index < -0.39 is 0 Å². The summed E-state index contributed by atoms with van der Waals surface area (Å²) in [5.74, 6) is 0.580. The summed E-state index contributed by atoms with van der Waals surface area (Å²) in [4.78, 5) is 21.3. The molecule has 4 rings (SSSR count). The van der Waals surface area contributed by atoms with E-state index in [1.807, 2.05) is 50.2 Å². The minimum absolute atomic E-state index is 0.179. The van der Waals surface area contributed by atoms with Gasteiger partial charge >= 0.3 is 5.69 Å². The molecule has 0 saturated heterocycles. The third-order valence-corrected chi connectivity index (χ3v) is 3.92. The van der Waals surface area contributed by atoms with E-state index in [4.69, 9.17) is 0 Å². The van der Waals surface area contributed by atoms with E-state index in [0.29, 0.717) is 11.5 Å². The maximum absolute atomic E-state index is 12.8. The fourth-order valence-electron chi connectivity index (χ4n) is 2.83. The van der Waals surface area contributed by atoms with Crippen molar-refractivity contribution in [2.75, 3.05) is 0 Å². The summed E-state index contributed by atoms with van der Waals surface area (Å²) in [6.07, 6.45) is 1.69. The lowest BCUT2D eigenvalue weighted by molar-refractivity contribution is 0.630. The topological polar surface area (TPSA) is 65.1 Å². The Morgan fingerprint density at radius 3 is 2.78 bits per heavy atom. The van der Waals surface area contributed by atoms with Crippen LogP contribution in [0.3, 0.4) is 0 Å². The predicted octanol–water partition coefficient (Wildman–Crippen LogP) is 2.10. The second-order valence-corrected chi connectivity index (χ2v) is 5.59. The van der Waals surface area contributed by atoms with Crippen molar-refractivity contribution in [2.24, 2.45) is 0 Å². The molecule has 3 aromatic heterocycles. The van der Waals surface area contributed by atoms with Crippen molar-refractivity contribution in [3.8, 4) is 0 Å². The van der Waals surface area contributed by atoms with Gasteiger partial charge in [-0.25, -0.2) is 23.8 Å². The van der Waals surface area contributed by atoms with Crippen LogP contribution in [-0.4, -0.2) is 24.1 Å². The predicted molar refractivity (Wildman–Crippen MR) is 87.6 cm³/mol. The average Bonchev–Trinajstić information content (AvgIpc) is 2.84. The number of nitrogens with zero attached hydrogens (tertiary/aromatic N) is 5. The number of hydrogen-bond donors (Lipinski definition) is 0. The molecule has 4 aromatic rings. The van der Waals surface area contributed by atoms with E-state index in [1.54, 1.807) is 10.6 Å². The van der Waals surface area contributed by atoms with Crippen molar-refractivity contribution in [1.82, 2.24) is 24.1 Å². The lowest BCUT2D eigenvalue weighted by atomic mass is 10.1. The number of rotatable bonds is 2. The zero-order valence-corrected chi connectivity index (χ0v) is 12.9. The quantitative estimate of drug-likeness (QED) is 0.569. The maximum Gasteiger partial charge on any atom is 0.351 e. The molecule has 0 bridgehead atoms. The molecule has 0 N–H and O–H groups in total. The highest BCUT2D eigenvalue weighted by atomic mass is 16.2. The third kappa shape index (κ3) is 2.19. The van der Waals surface area contributed by atoms with Gasteiger partial charge in [-0.15, -0.1) is 5.10 Å². The number of para-hydroxylation sites is 1. The summed E-state index contributed by atoms with van der Waals surface area (Å²) >= 11 is 0. The summed E-state index contributed by atoms with van der Waals surface area (Å²) < 4.78 is 3.05. The first kappa shape index (κ1) is 13.6. The van der Waals surface area contributed by atoms with Crippen LogP contribution in [0.5, 0.6) is 0 Å². The lowest BCUT2D eigenvalue weighted by Gasteiger charge is -2.03. The standard InChI is InChI=1S/C17H15N5O/c1-11-9-16-20-21(10-15-18-8-7-12(2)19-15)17(23)22(16)14-6-4-3-5-13(11)14/h3-9H,10H2,1-2H3. The Bertz CT molecular complexity index is 1090. The molecule has 114 valence electrons. The van der Waals surface area contributed by atoms with E-state index in [9.17, 15) is 4.79 Å². The van der Waals surface area contributed by atoms with Crippen molar-refractivity contribution in [3.63, 3.8) is 0 Å². The molecule has 3 heterocycles. The summed E-state index contributed by atoms with van der Waals surface area (Å²) in [6, 6.07) is 11.6. The highest BCUT2D eigenvalue weighted by Crippen LogP contribution is 2.19. The van der Waals surface area contributed by atoms with E-state index in [2.05, 4.69) is 15.1 Å². The second kappa shape index (κ2) is 5.01. The Balaban J connectivity index is 1.94. The van der Waals surface area contributed by atoms with E-state index in [-0.39, 0.29) is 12.2 Å². The molecule has 23 heavy (non-hydrogen) atoms. The van der Waals surface area contributed by atoms with Crippen LogP contribution in [0.25, 0.3) is 16.6 Å². The van der Waals surface area contributed by atoms with Crippen LogP contribution in [0, 0.1) is 13.8 Å². The van der Waals surface area contributed by atoms with E-state index >= 15 is 0 Å². The Hall–Kier alpha value is -3.02. The van der Waals surface area contributed by atoms with Crippen LogP contribution < -0.4 is 5.69 Å². The van der Waals surface area contributed by atoms with Gasteiger partial charge in [-0.05, 0) is 37.6 Å². The number of fused-ring (bicyclic) bond motifs is 3. The van der Waals surface area contributed by atoms with Gasteiger partial charge in [0, 0.05) is 17.3 Å². The van der Waals surface area contributed by atoms with Gasteiger partial charge in [0.05, 0.1) is 5.52 Å². The smallest absolute Gasteiger partial charge is 0.246 e. The first-order chi connectivity index (χ1) is 11.1. The van der Waals surface area contributed by atoms with Gasteiger partial charge < -0.3 is 0 Å². The third-order valence-electron chi connectivity index (χ3n) is 3.92. The molecule has 6 heteroatoms. The molecular weight excluding hydrogens is 290 g/mol. The molecule has 0 fully saturated rings. The van der Waals surface area contributed by atoms with Crippen LogP contribution in [0.15, 0.2) is 47.4 Å². The molecule has 0 amide bonds. The zero-order valence-electron chi connectivity index (χ0n) is 12.9. The molecule has 0 aliphatic carbocycles. The van der Waals surface area contributed by atoms with Gasteiger partial charge in [0.2, 0.25) is 0 Å². The van der Waals surface area contributed by atoms with Crippen LogP contribution in [-0.2, 0) is 6.54 Å². The maximum atomic E-state index is 12.8. The molecule has 0 radical (unpaired) electrons. The van der Waals surface area contributed by atoms with Crippen molar-refractivity contribution in [2.45, 2.75) is 20.4 Å². The largest absolute Gasteiger partial charge is 0.351 e. The number of hydrogen-bond acceptors (Lipinski definition) is 4. The highest BCUT2D eigenvalue weighted by molar-refractivity contribution is 5.85. The number of aryl methyl sites for hydroxylation is 2. The van der Waals surface area contributed by atoms with Crippen molar-refractivity contribution >= 4 is 16.6 Å². The monoisotopic (exact) mass is 305 g/mol. The van der Waals surface area contributed by atoms with Crippen molar-refractivity contribution < 1.29 is 0 Å². The fraction of sp³-hybridized carbons (Fsp3) is 0.176. The van der Waals surface area contributed by atoms with Gasteiger partial charge in [0.1, 0.15) is 12.4 Å². The molecule has 0 saturated carbocycles. The van der Waals surface area contributed by atoms with Gasteiger partial charge in [0.25, 0.3) is 0 Å². The highest BCUT2D eigenvalue weighted by Gasteiger charge is 2.12. The molecule has 1 aromatic carbocycles. The zero-order chi connectivity index (χ0) is 16.0. The van der Waals surface area contributed by atoms with Crippen molar-refractivity contribution in [1.29, 1.82) is 0 Å². The molecule has 0 atom stereocenters. The summed E-state index contributed by atoms with van der Waals surface area (Å²) in [6.45, 7) is 4.18. The van der Waals surface area contributed by atoms with E-state index in [1.165, 1.54) is 4.68 Å². The summed E-state index contributed by atoms with van der Waals surface area (Å²) in [5.41, 5.74) is 3.29. The van der Waals surface area contributed by atoms with Crippen molar-refractivity contribution in [3.05, 3.63) is 70.2 Å². The van der Waals surface area contributed by atoms with Gasteiger partial charge in [0.15, 0.2) is 5.65 Å². The minimum atomic E-state index is -0.179. The molecule has 0 aliphatic rings. The number of benzene rings is 1. The number of pyridine rings is 1. The van der Waals surface area contributed by atoms with Crippen LogP contribution in [0.4, 0.5) is 0 Å². The van der Waals surface area contributed by atoms with Gasteiger partial charge in [-0.1, -0.05) is 18.2 Å². The molecule has 6 nitrogen and oxygen atoms in total. The number of aromatic nitrogens is 5. The molecule has 0 spiro atoms. The normalized spacial score (nSPS) is 11.4. The molecule has 0 aliphatic heterocycles. The van der Waals surface area contributed by atoms with Gasteiger partial charge in [-0.3, -0.25) is 0 Å². The SMILES string of the molecule is Cc1ccnc(Cn2nc3cc(C)c4ccccc4n3c2=O)n1. The summed E-state index contributed by atoms with van der Waals surface area (Å²) in [7, 11) is 0. The average molecular weight is 305 g/mol. The Morgan fingerprint density at radius 1 is 1.13 bits per heavy atom.